The molecular formula is C17H17Cl2NO4S. The van der Waals surface area contributed by atoms with Gasteiger partial charge in [0.2, 0.25) is 0 Å². The predicted octanol–water partition coefficient (Wildman–Crippen LogP) is 4.00. The van der Waals surface area contributed by atoms with Gasteiger partial charge in [-0.2, -0.15) is 0 Å². The molecule has 3 rings (SSSR count). The van der Waals surface area contributed by atoms with E-state index in [9.17, 15) is 9.59 Å². The van der Waals surface area contributed by atoms with Gasteiger partial charge in [-0.3, -0.25) is 4.79 Å². The fourth-order valence-corrected chi connectivity index (χ4v) is 4.51. The topological polar surface area (TPSA) is 55.8 Å². The first-order chi connectivity index (χ1) is 11.8. The lowest BCUT2D eigenvalue weighted by Crippen LogP contribution is -2.49. The first kappa shape index (κ1) is 18.5. The Labute approximate surface area is 159 Å². The first-order valence-electron chi connectivity index (χ1n) is 7.83. The zero-order valence-corrected chi connectivity index (χ0v) is 16.1. The number of fused-ring (bicyclic) bond motifs is 1. The van der Waals surface area contributed by atoms with Crippen molar-refractivity contribution in [1.29, 1.82) is 0 Å². The van der Waals surface area contributed by atoms with Gasteiger partial charge in [0.1, 0.15) is 4.88 Å². The summed E-state index contributed by atoms with van der Waals surface area (Å²) in [7, 11) is 0. The van der Waals surface area contributed by atoms with Crippen LogP contribution in [0.5, 0.6) is 0 Å². The molecule has 0 N–H and O–H groups in total. The molecule has 0 spiro atoms. The van der Waals surface area contributed by atoms with E-state index >= 15 is 0 Å². The minimum atomic E-state index is -0.606. The lowest BCUT2D eigenvalue weighted by Gasteiger charge is -2.35. The largest absolute Gasteiger partial charge is 0.451 e. The molecule has 2 atom stereocenters. The second-order valence-electron chi connectivity index (χ2n) is 6.02. The van der Waals surface area contributed by atoms with Gasteiger partial charge in [0.15, 0.2) is 6.61 Å². The van der Waals surface area contributed by atoms with Crippen LogP contribution in [0.4, 0.5) is 0 Å². The number of hydrogen-bond acceptors (Lipinski definition) is 5. The lowest BCUT2D eigenvalue weighted by molar-refractivity contribution is -0.146. The Morgan fingerprint density at radius 1 is 1.28 bits per heavy atom. The molecule has 0 unspecified atom stereocenters. The number of halogens is 2. The van der Waals surface area contributed by atoms with Crippen LogP contribution < -0.4 is 0 Å². The number of nitrogens with zero attached hydrogens (tertiary/aromatic N) is 1. The highest BCUT2D eigenvalue weighted by Crippen LogP contribution is 2.37. The summed E-state index contributed by atoms with van der Waals surface area (Å²) in [6.45, 7) is 4.48. The molecule has 0 aliphatic carbocycles. The Kier molecular flexibility index (Phi) is 5.53. The molecular weight excluding hydrogens is 385 g/mol. The van der Waals surface area contributed by atoms with E-state index in [0.29, 0.717) is 23.1 Å². The Morgan fingerprint density at radius 3 is 2.64 bits per heavy atom. The zero-order chi connectivity index (χ0) is 18.1. The molecule has 8 heteroatoms. The third kappa shape index (κ3) is 4.08. The minimum Gasteiger partial charge on any atom is -0.451 e. The Hall–Kier alpha value is -1.34. The van der Waals surface area contributed by atoms with E-state index in [1.54, 1.807) is 23.1 Å². The standard InChI is InChI=1S/C17H17Cl2NO4S/c1-9-6-20(7-10(2)24-9)14(21)8-23-17(22)16-15(19)12-4-3-11(18)5-13(12)25-16/h3-5,9-10H,6-8H2,1-2H3/t9-,10-/m0/s1. The molecule has 1 aliphatic heterocycles. The van der Waals surface area contributed by atoms with Crippen LogP contribution in [0.1, 0.15) is 23.5 Å². The molecule has 1 aromatic heterocycles. The van der Waals surface area contributed by atoms with Crippen LogP contribution in [0.3, 0.4) is 0 Å². The van der Waals surface area contributed by atoms with Gasteiger partial charge in [-0.1, -0.05) is 29.3 Å². The van der Waals surface area contributed by atoms with E-state index in [1.807, 2.05) is 13.8 Å². The molecule has 1 aliphatic rings. The quantitative estimate of drug-likeness (QED) is 0.729. The average molecular weight is 402 g/mol. The highest BCUT2D eigenvalue weighted by atomic mass is 35.5. The molecule has 2 aromatic rings. The fourth-order valence-electron chi connectivity index (χ4n) is 2.84. The normalized spacial score (nSPS) is 20.7. The molecule has 1 aromatic carbocycles. The number of rotatable bonds is 3. The van der Waals surface area contributed by atoms with Crippen molar-refractivity contribution in [2.75, 3.05) is 19.7 Å². The third-order valence-corrected chi connectivity index (χ3v) is 5.75. The average Bonchev–Trinajstić information content (AvgIpc) is 2.87. The van der Waals surface area contributed by atoms with Crippen molar-refractivity contribution in [3.63, 3.8) is 0 Å². The van der Waals surface area contributed by atoms with Crippen molar-refractivity contribution < 1.29 is 19.1 Å². The van der Waals surface area contributed by atoms with E-state index < -0.39 is 5.97 Å². The van der Waals surface area contributed by atoms with Gasteiger partial charge in [0, 0.05) is 28.2 Å². The Bertz CT molecular complexity index is 812. The van der Waals surface area contributed by atoms with E-state index in [2.05, 4.69) is 0 Å². The number of thiophene rings is 1. The highest BCUT2D eigenvalue weighted by molar-refractivity contribution is 7.21. The Morgan fingerprint density at radius 2 is 1.96 bits per heavy atom. The van der Waals surface area contributed by atoms with Crippen LogP contribution in [0.2, 0.25) is 10.0 Å². The molecule has 2 heterocycles. The minimum absolute atomic E-state index is 0.0369. The summed E-state index contributed by atoms with van der Waals surface area (Å²) in [6.07, 6.45) is -0.0737. The summed E-state index contributed by atoms with van der Waals surface area (Å²) in [5.74, 6) is -0.847. The van der Waals surface area contributed by atoms with Crippen molar-refractivity contribution in [2.45, 2.75) is 26.1 Å². The van der Waals surface area contributed by atoms with Gasteiger partial charge >= 0.3 is 5.97 Å². The smallest absolute Gasteiger partial charge is 0.350 e. The monoisotopic (exact) mass is 401 g/mol. The van der Waals surface area contributed by atoms with Crippen LogP contribution in [0.15, 0.2) is 18.2 Å². The van der Waals surface area contributed by atoms with E-state index in [4.69, 9.17) is 32.7 Å². The molecule has 1 saturated heterocycles. The summed E-state index contributed by atoms with van der Waals surface area (Å²) >= 11 is 13.4. The van der Waals surface area contributed by atoms with Crippen molar-refractivity contribution in [1.82, 2.24) is 4.90 Å². The van der Waals surface area contributed by atoms with E-state index in [0.717, 1.165) is 10.1 Å². The van der Waals surface area contributed by atoms with Gasteiger partial charge < -0.3 is 14.4 Å². The van der Waals surface area contributed by atoms with Gasteiger partial charge in [-0.15, -0.1) is 11.3 Å². The zero-order valence-electron chi connectivity index (χ0n) is 13.8. The molecule has 0 radical (unpaired) electrons. The molecule has 5 nitrogen and oxygen atoms in total. The summed E-state index contributed by atoms with van der Waals surface area (Å²) < 4.78 is 11.6. The first-order valence-corrected chi connectivity index (χ1v) is 9.40. The van der Waals surface area contributed by atoms with Crippen LogP contribution in [0, 0.1) is 0 Å². The predicted molar refractivity (Wildman–Crippen MR) is 98.7 cm³/mol. The number of esters is 1. The van der Waals surface area contributed by atoms with Gasteiger partial charge in [0.05, 0.1) is 17.2 Å². The second kappa shape index (κ2) is 7.50. The molecule has 0 bridgehead atoms. The number of hydrogen-bond donors (Lipinski definition) is 0. The second-order valence-corrected chi connectivity index (χ2v) is 7.88. The highest BCUT2D eigenvalue weighted by Gasteiger charge is 2.27. The maximum atomic E-state index is 12.3. The summed E-state index contributed by atoms with van der Waals surface area (Å²) in [6, 6.07) is 5.21. The number of benzene rings is 1. The van der Waals surface area contributed by atoms with Gasteiger partial charge in [-0.05, 0) is 26.0 Å². The number of ether oxygens (including phenoxy) is 2. The van der Waals surface area contributed by atoms with Crippen molar-refractivity contribution in [3.05, 3.63) is 33.1 Å². The maximum Gasteiger partial charge on any atom is 0.350 e. The summed E-state index contributed by atoms with van der Waals surface area (Å²) in [5.41, 5.74) is 0. The number of morpholine rings is 1. The van der Waals surface area contributed by atoms with Gasteiger partial charge in [0.25, 0.3) is 5.91 Å². The van der Waals surface area contributed by atoms with Crippen molar-refractivity contribution in [3.8, 4) is 0 Å². The van der Waals surface area contributed by atoms with Crippen LogP contribution in [0.25, 0.3) is 10.1 Å². The molecule has 0 saturated carbocycles. The van der Waals surface area contributed by atoms with Crippen LogP contribution in [-0.2, 0) is 14.3 Å². The van der Waals surface area contributed by atoms with Crippen molar-refractivity contribution >= 4 is 56.5 Å². The summed E-state index contributed by atoms with van der Waals surface area (Å²) in [4.78, 5) is 26.5. The SMILES string of the molecule is C[C@H]1CN(C(=O)COC(=O)c2sc3cc(Cl)ccc3c2Cl)C[C@H](C)O1. The molecule has 1 amide bonds. The fraction of sp³-hybridized carbons (Fsp3) is 0.412. The number of amides is 1. The molecule has 1 fully saturated rings. The third-order valence-electron chi connectivity index (χ3n) is 3.88. The van der Waals surface area contributed by atoms with E-state index in [-0.39, 0.29) is 29.6 Å². The van der Waals surface area contributed by atoms with Crippen LogP contribution >= 0.6 is 34.5 Å². The van der Waals surface area contributed by atoms with Gasteiger partial charge in [-0.25, -0.2) is 4.79 Å². The molecule has 25 heavy (non-hydrogen) atoms. The van der Waals surface area contributed by atoms with Crippen LogP contribution in [-0.4, -0.2) is 48.7 Å². The lowest BCUT2D eigenvalue weighted by atomic mass is 10.2. The Balaban J connectivity index is 1.66. The molecule has 134 valence electrons. The summed E-state index contributed by atoms with van der Waals surface area (Å²) in [5, 5.41) is 1.63. The number of carbonyl (C=O) groups is 2. The number of carbonyl (C=O) groups excluding carboxylic acids is 2. The van der Waals surface area contributed by atoms with Crippen molar-refractivity contribution in [2.24, 2.45) is 0 Å². The maximum absolute atomic E-state index is 12.3. The van der Waals surface area contributed by atoms with E-state index in [1.165, 1.54) is 11.3 Å².